The van der Waals surface area contributed by atoms with Crippen LogP contribution in [-0.2, 0) is 11.2 Å². The summed E-state index contributed by atoms with van der Waals surface area (Å²) in [5.74, 6) is 0.154. The first-order valence-electron chi connectivity index (χ1n) is 7.85. The van der Waals surface area contributed by atoms with Crippen LogP contribution in [0.15, 0.2) is 5.38 Å². The molecule has 1 amide bonds. The van der Waals surface area contributed by atoms with Gasteiger partial charge in [-0.05, 0) is 12.3 Å². The highest BCUT2D eigenvalue weighted by Crippen LogP contribution is 2.20. The van der Waals surface area contributed by atoms with Gasteiger partial charge in [-0.3, -0.25) is 9.69 Å². The fourth-order valence-electron chi connectivity index (χ4n) is 2.45. The summed E-state index contributed by atoms with van der Waals surface area (Å²) in [6, 6.07) is 0. The molecule has 0 unspecified atom stereocenters. The number of aliphatic hydroxyl groups is 1. The van der Waals surface area contributed by atoms with Crippen molar-refractivity contribution in [1.29, 1.82) is 0 Å². The summed E-state index contributed by atoms with van der Waals surface area (Å²) in [5.41, 5.74) is 0.771. The zero-order chi connectivity index (χ0) is 16.3. The Balaban J connectivity index is 1.78. The maximum atomic E-state index is 12.3. The molecule has 1 aromatic heterocycles. The van der Waals surface area contributed by atoms with E-state index in [9.17, 15) is 9.90 Å². The predicted molar refractivity (Wildman–Crippen MR) is 89.0 cm³/mol. The van der Waals surface area contributed by atoms with Crippen molar-refractivity contribution in [2.45, 2.75) is 40.2 Å². The third kappa shape index (κ3) is 4.76. The lowest BCUT2D eigenvalue weighted by atomic mass is 9.89. The van der Waals surface area contributed by atoms with E-state index in [0.717, 1.165) is 36.9 Å². The molecular formula is C16H27N3O2S. The molecule has 1 saturated heterocycles. The molecule has 0 radical (unpaired) electrons. The molecule has 22 heavy (non-hydrogen) atoms. The predicted octanol–water partition coefficient (Wildman–Crippen LogP) is 1.55. The maximum absolute atomic E-state index is 12.3. The number of aliphatic hydroxyl groups excluding tert-OH is 1. The Morgan fingerprint density at radius 1 is 1.36 bits per heavy atom. The third-order valence-electron chi connectivity index (χ3n) is 4.15. The molecule has 2 rings (SSSR count). The molecule has 5 nitrogen and oxygen atoms in total. The van der Waals surface area contributed by atoms with Crippen molar-refractivity contribution in [2.75, 3.05) is 32.7 Å². The van der Waals surface area contributed by atoms with E-state index in [2.05, 4.69) is 9.88 Å². The summed E-state index contributed by atoms with van der Waals surface area (Å²) in [6.45, 7) is 11.9. The highest BCUT2D eigenvalue weighted by atomic mass is 32.1. The van der Waals surface area contributed by atoms with E-state index < -0.39 is 0 Å². The van der Waals surface area contributed by atoms with Gasteiger partial charge in [-0.15, -0.1) is 11.3 Å². The van der Waals surface area contributed by atoms with E-state index in [0.29, 0.717) is 13.0 Å². The van der Waals surface area contributed by atoms with Crippen LogP contribution in [-0.4, -0.2) is 64.6 Å². The van der Waals surface area contributed by atoms with E-state index in [4.69, 9.17) is 0 Å². The second-order valence-electron chi connectivity index (χ2n) is 7.10. The largest absolute Gasteiger partial charge is 0.391 e. The van der Waals surface area contributed by atoms with Gasteiger partial charge >= 0.3 is 0 Å². The molecule has 6 heteroatoms. The van der Waals surface area contributed by atoms with Crippen LogP contribution >= 0.6 is 11.3 Å². The second kappa shape index (κ2) is 7.06. The molecule has 0 spiro atoms. The monoisotopic (exact) mass is 325 g/mol. The van der Waals surface area contributed by atoms with Crippen LogP contribution in [0, 0.1) is 12.3 Å². The second-order valence-corrected chi connectivity index (χ2v) is 8.16. The molecule has 1 aliphatic heterocycles. The van der Waals surface area contributed by atoms with Crippen LogP contribution in [0.3, 0.4) is 0 Å². The Morgan fingerprint density at radius 2 is 2.00 bits per heavy atom. The minimum Gasteiger partial charge on any atom is -0.391 e. The Morgan fingerprint density at radius 3 is 2.50 bits per heavy atom. The molecule has 124 valence electrons. The Kier molecular flexibility index (Phi) is 5.58. The van der Waals surface area contributed by atoms with Crippen molar-refractivity contribution < 1.29 is 9.90 Å². The number of aryl methyl sites for hydroxylation is 1. The number of carbonyl (C=O) groups is 1. The molecule has 0 aliphatic carbocycles. The number of piperazine rings is 1. The smallest absolute Gasteiger partial charge is 0.228 e. The fraction of sp³-hybridized carbons (Fsp3) is 0.750. The Hall–Kier alpha value is -0.980. The fourth-order valence-corrected chi connectivity index (χ4v) is 3.07. The summed E-state index contributed by atoms with van der Waals surface area (Å²) >= 11 is 1.58. The highest BCUT2D eigenvalue weighted by molar-refractivity contribution is 7.09. The lowest BCUT2D eigenvalue weighted by Gasteiger charge is -2.38. The van der Waals surface area contributed by atoms with Crippen molar-refractivity contribution in [2.24, 2.45) is 5.41 Å². The minimum atomic E-state index is -0.340. The molecule has 0 bridgehead atoms. The molecular weight excluding hydrogens is 298 g/mol. The van der Waals surface area contributed by atoms with Crippen molar-refractivity contribution in [1.82, 2.24) is 14.8 Å². The average Bonchev–Trinajstić information content (AvgIpc) is 2.83. The van der Waals surface area contributed by atoms with Gasteiger partial charge < -0.3 is 10.0 Å². The summed E-state index contributed by atoms with van der Waals surface area (Å²) < 4.78 is 0. The van der Waals surface area contributed by atoms with E-state index in [-0.39, 0.29) is 17.4 Å². The Labute approximate surface area is 137 Å². The molecule has 2 heterocycles. The van der Waals surface area contributed by atoms with Gasteiger partial charge in [0.05, 0.1) is 23.2 Å². The van der Waals surface area contributed by atoms with Gasteiger partial charge in [0.15, 0.2) is 0 Å². The number of carbonyl (C=O) groups excluding carboxylic acids is 1. The van der Waals surface area contributed by atoms with Crippen LogP contribution in [0.1, 0.15) is 31.5 Å². The van der Waals surface area contributed by atoms with Crippen LogP contribution in [0.5, 0.6) is 0 Å². The van der Waals surface area contributed by atoms with Gasteiger partial charge in [0.25, 0.3) is 0 Å². The first-order chi connectivity index (χ1) is 10.3. The molecule has 1 aliphatic rings. The zero-order valence-corrected chi connectivity index (χ0v) is 14.8. The van der Waals surface area contributed by atoms with E-state index >= 15 is 0 Å². The summed E-state index contributed by atoms with van der Waals surface area (Å²) in [5, 5.41) is 13.1. The van der Waals surface area contributed by atoms with E-state index in [1.807, 2.05) is 38.0 Å². The van der Waals surface area contributed by atoms with Crippen molar-refractivity contribution in [3.8, 4) is 0 Å². The van der Waals surface area contributed by atoms with Crippen LogP contribution in [0.25, 0.3) is 0 Å². The van der Waals surface area contributed by atoms with Crippen molar-refractivity contribution in [3.63, 3.8) is 0 Å². The lowest BCUT2D eigenvalue weighted by molar-refractivity contribution is -0.132. The van der Waals surface area contributed by atoms with Crippen LogP contribution < -0.4 is 0 Å². The first-order valence-corrected chi connectivity index (χ1v) is 8.73. The molecule has 0 saturated carbocycles. The zero-order valence-electron chi connectivity index (χ0n) is 14.0. The highest BCUT2D eigenvalue weighted by Gasteiger charge is 2.27. The molecule has 1 aromatic rings. The van der Waals surface area contributed by atoms with Gasteiger partial charge in [-0.2, -0.15) is 0 Å². The number of thiazole rings is 1. The van der Waals surface area contributed by atoms with Gasteiger partial charge in [0.2, 0.25) is 5.91 Å². The number of nitrogens with zero attached hydrogens (tertiary/aromatic N) is 3. The number of aromatic nitrogens is 1. The topological polar surface area (TPSA) is 56.7 Å². The lowest BCUT2D eigenvalue weighted by Crippen LogP contribution is -2.52. The van der Waals surface area contributed by atoms with Gasteiger partial charge in [0.1, 0.15) is 0 Å². The van der Waals surface area contributed by atoms with Crippen LogP contribution in [0.2, 0.25) is 0 Å². The number of hydrogen-bond acceptors (Lipinski definition) is 5. The standard InChI is InChI=1S/C16H27N3O2S/c1-12-17-13(11-22-12)9-15(21)19-7-5-18(6-8-19)10-14(20)16(2,3)4/h11,14,20H,5-10H2,1-4H3/t14-/m0/s1. The third-order valence-corrected chi connectivity index (χ3v) is 4.98. The number of rotatable bonds is 4. The Bertz CT molecular complexity index is 502. The molecule has 1 N–H and O–H groups in total. The van der Waals surface area contributed by atoms with Crippen LogP contribution in [0.4, 0.5) is 0 Å². The number of hydrogen-bond donors (Lipinski definition) is 1. The van der Waals surface area contributed by atoms with Gasteiger partial charge in [-0.1, -0.05) is 20.8 Å². The quantitative estimate of drug-likeness (QED) is 0.912. The van der Waals surface area contributed by atoms with Gasteiger partial charge in [-0.25, -0.2) is 4.98 Å². The minimum absolute atomic E-state index is 0.102. The molecule has 1 atom stereocenters. The average molecular weight is 325 g/mol. The molecule has 0 aromatic carbocycles. The van der Waals surface area contributed by atoms with E-state index in [1.54, 1.807) is 11.3 Å². The number of amides is 1. The van der Waals surface area contributed by atoms with E-state index in [1.165, 1.54) is 0 Å². The maximum Gasteiger partial charge on any atom is 0.228 e. The summed E-state index contributed by atoms with van der Waals surface area (Å²) in [6.07, 6.45) is 0.0577. The SMILES string of the molecule is Cc1nc(CC(=O)N2CCN(C[C@H](O)C(C)(C)C)CC2)cs1. The van der Waals surface area contributed by atoms with Gasteiger partial charge in [0, 0.05) is 38.1 Å². The molecule has 1 fully saturated rings. The van der Waals surface area contributed by atoms with Crippen molar-refractivity contribution >= 4 is 17.2 Å². The van der Waals surface area contributed by atoms with Crippen molar-refractivity contribution in [3.05, 3.63) is 16.1 Å². The first kappa shape index (κ1) is 17.4. The summed E-state index contributed by atoms with van der Waals surface area (Å²) in [7, 11) is 0. The normalized spacial score (nSPS) is 18.5. The number of β-amino-alcohol motifs (C(OH)–C–C–N with tert-alkyl or cyclic N) is 1. The summed E-state index contributed by atoms with van der Waals surface area (Å²) in [4.78, 5) is 20.8.